The first-order valence-electron chi connectivity index (χ1n) is 4.76. The van der Waals surface area contributed by atoms with E-state index < -0.39 is 17.4 Å². The molecule has 0 amide bonds. The van der Waals surface area contributed by atoms with E-state index >= 15 is 0 Å². The maximum Gasteiger partial charge on any atom is 0.321 e. The van der Waals surface area contributed by atoms with E-state index in [2.05, 4.69) is 4.98 Å². The van der Waals surface area contributed by atoms with Crippen molar-refractivity contribution in [1.82, 2.24) is 4.98 Å². The second kappa shape index (κ2) is 3.98. The molecule has 3 N–H and O–H groups in total. The summed E-state index contributed by atoms with van der Waals surface area (Å²) in [6.45, 7) is 5.53. The highest BCUT2D eigenvalue weighted by Crippen LogP contribution is 2.26. The molecule has 1 heterocycles. The van der Waals surface area contributed by atoms with Crippen molar-refractivity contribution in [2.75, 3.05) is 0 Å². The molecular weight excluding hydrogens is 192 g/mol. The largest absolute Gasteiger partial charge is 0.480 e. The van der Waals surface area contributed by atoms with E-state index in [1.165, 1.54) is 0 Å². The number of hydrogen-bond donors (Lipinski definition) is 2. The van der Waals surface area contributed by atoms with Gasteiger partial charge in [0.25, 0.3) is 0 Å². The third-order valence-electron chi connectivity index (χ3n) is 2.66. The second-order valence-corrected chi connectivity index (χ2v) is 4.29. The van der Waals surface area contributed by atoms with E-state index in [0.29, 0.717) is 0 Å². The van der Waals surface area contributed by atoms with E-state index in [9.17, 15) is 4.79 Å². The molecule has 1 aromatic heterocycles. The lowest BCUT2D eigenvalue weighted by molar-refractivity contribution is -0.140. The van der Waals surface area contributed by atoms with Crippen molar-refractivity contribution in [3.05, 3.63) is 29.6 Å². The molecule has 4 heteroatoms. The number of aromatic nitrogens is 1. The standard InChI is InChI=1S/C11H16N2O2/c1-7-4-8(6-13-5-7)11(2,3)9(12)10(14)15/h4-6,9H,12H2,1-3H3,(H,14,15). The summed E-state index contributed by atoms with van der Waals surface area (Å²) in [6, 6.07) is 0.983. The molecule has 0 saturated carbocycles. The van der Waals surface area contributed by atoms with Crippen LogP contribution in [0.4, 0.5) is 0 Å². The van der Waals surface area contributed by atoms with Gasteiger partial charge < -0.3 is 10.8 Å². The topological polar surface area (TPSA) is 76.2 Å². The van der Waals surface area contributed by atoms with Crippen molar-refractivity contribution in [2.24, 2.45) is 5.73 Å². The van der Waals surface area contributed by atoms with Gasteiger partial charge >= 0.3 is 5.97 Å². The van der Waals surface area contributed by atoms with Gasteiger partial charge in [0.1, 0.15) is 6.04 Å². The Labute approximate surface area is 89.1 Å². The van der Waals surface area contributed by atoms with Gasteiger partial charge in [-0.1, -0.05) is 19.9 Å². The summed E-state index contributed by atoms with van der Waals surface area (Å²) in [6.07, 6.45) is 3.39. The Morgan fingerprint density at radius 1 is 1.53 bits per heavy atom. The molecule has 0 spiro atoms. The van der Waals surface area contributed by atoms with Gasteiger partial charge in [0.2, 0.25) is 0 Å². The van der Waals surface area contributed by atoms with Crippen molar-refractivity contribution in [3.63, 3.8) is 0 Å². The van der Waals surface area contributed by atoms with Crippen LogP contribution in [0.3, 0.4) is 0 Å². The monoisotopic (exact) mass is 208 g/mol. The van der Waals surface area contributed by atoms with E-state index in [1.54, 1.807) is 12.4 Å². The van der Waals surface area contributed by atoms with E-state index in [1.807, 2.05) is 26.8 Å². The molecule has 0 bridgehead atoms. The van der Waals surface area contributed by atoms with Crippen molar-refractivity contribution in [3.8, 4) is 0 Å². The maximum absolute atomic E-state index is 10.9. The predicted octanol–water partition coefficient (Wildman–Crippen LogP) is 1.08. The SMILES string of the molecule is Cc1cncc(C(C)(C)C(N)C(=O)O)c1. The first kappa shape index (κ1) is 11.7. The number of hydrogen-bond acceptors (Lipinski definition) is 3. The van der Waals surface area contributed by atoms with Gasteiger partial charge in [-0.25, -0.2) is 0 Å². The van der Waals surface area contributed by atoms with Crippen molar-refractivity contribution in [2.45, 2.75) is 32.2 Å². The average Bonchev–Trinajstić information content (AvgIpc) is 2.16. The Balaban J connectivity index is 3.10. The maximum atomic E-state index is 10.9. The highest BCUT2D eigenvalue weighted by atomic mass is 16.4. The molecule has 0 fully saturated rings. The zero-order valence-corrected chi connectivity index (χ0v) is 9.19. The summed E-state index contributed by atoms with van der Waals surface area (Å²) >= 11 is 0. The van der Waals surface area contributed by atoms with Gasteiger partial charge in [0.05, 0.1) is 0 Å². The molecule has 1 atom stereocenters. The van der Waals surface area contributed by atoms with Crippen LogP contribution in [0, 0.1) is 6.92 Å². The summed E-state index contributed by atoms with van der Waals surface area (Å²) in [5, 5.41) is 8.90. The van der Waals surface area contributed by atoms with Crippen molar-refractivity contribution >= 4 is 5.97 Å². The minimum Gasteiger partial charge on any atom is -0.480 e. The second-order valence-electron chi connectivity index (χ2n) is 4.29. The van der Waals surface area contributed by atoms with E-state index in [0.717, 1.165) is 11.1 Å². The summed E-state index contributed by atoms with van der Waals surface area (Å²) in [4.78, 5) is 14.9. The minimum absolute atomic E-state index is 0.620. The van der Waals surface area contributed by atoms with Crippen LogP contribution in [0.25, 0.3) is 0 Å². The van der Waals surface area contributed by atoms with Gasteiger partial charge in [-0.2, -0.15) is 0 Å². The molecule has 15 heavy (non-hydrogen) atoms. The molecule has 0 saturated heterocycles. The van der Waals surface area contributed by atoms with Crippen molar-refractivity contribution < 1.29 is 9.90 Å². The smallest absolute Gasteiger partial charge is 0.321 e. The number of rotatable bonds is 3. The molecule has 0 aliphatic heterocycles. The molecular formula is C11H16N2O2. The number of nitrogens with zero attached hydrogens (tertiary/aromatic N) is 1. The minimum atomic E-state index is -0.999. The van der Waals surface area contributed by atoms with Crippen LogP contribution in [0.5, 0.6) is 0 Å². The van der Waals surface area contributed by atoms with E-state index in [-0.39, 0.29) is 0 Å². The van der Waals surface area contributed by atoms with Crippen LogP contribution in [0.1, 0.15) is 25.0 Å². The van der Waals surface area contributed by atoms with Gasteiger partial charge in [-0.15, -0.1) is 0 Å². The van der Waals surface area contributed by atoms with Crippen LogP contribution < -0.4 is 5.73 Å². The van der Waals surface area contributed by atoms with Crippen LogP contribution >= 0.6 is 0 Å². The first-order chi connectivity index (χ1) is 6.85. The van der Waals surface area contributed by atoms with Crippen LogP contribution in [-0.2, 0) is 10.2 Å². The van der Waals surface area contributed by atoms with Gasteiger partial charge in [0.15, 0.2) is 0 Å². The Morgan fingerprint density at radius 2 is 2.13 bits per heavy atom. The van der Waals surface area contributed by atoms with E-state index in [4.69, 9.17) is 10.8 Å². The Bertz CT molecular complexity index is 375. The first-order valence-corrected chi connectivity index (χ1v) is 4.76. The Morgan fingerprint density at radius 3 is 2.60 bits per heavy atom. The predicted molar refractivity (Wildman–Crippen MR) is 57.6 cm³/mol. The lowest BCUT2D eigenvalue weighted by Crippen LogP contribution is -2.46. The lowest BCUT2D eigenvalue weighted by atomic mass is 9.78. The summed E-state index contributed by atoms with van der Waals surface area (Å²) in [5.41, 5.74) is 6.87. The molecule has 0 aliphatic carbocycles. The number of aryl methyl sites for hydroxylation is 1. The van der Waals surface area contributed by atoms with Crippen LogP contribution in [0.2, 0.25) is 0 Å². The zero-order valence-electron chi connectivity index (χ0n) is 9.19. The summed E-state index contributed by atoms with van der Waals surface area (Å²) in [5.74, 6) is -0.999. The fraction of sp³-hybridized carbons (Fsp3) is 0.455. The normalized spacial score (nSPS) is 13.6. The van der Waals surface area contributed by atoms with Gasteiger partial charge in [-0.3, -0.25) is 9.78 Å². The third-order valence-corrected chi connectivity index (χ3v) is 2.66. The van der Waals surface area contributed by atoms with Crippen molar-refractivity contribution in [1.29, 1.82) is 0 Å². The molecule has 1 aromatic rings. The number of nitrogens with two attached hydrogens (primary N) is 1. The van der Waals surface area contributed by atoms with Gasteiger partial charge in [0, 0.05) is 17.8 Å². The molecule has 0 aromatic carbocycles. The molecule has 82 valence electrons. The Kier molecular flexibility index (Phi) is 3.09. The highest BCUT2D eigenvalue weighted by molar-refractivity contribution is 5.75. The fourth-order valence-electron chi connectivity index (χ4n) is 1.40. The third kappa shape index (κ3) is 2.33. The molecule has 0 aliphatic rings. The highest BCUT2D eigenvalue weighted by Gasteiger charge is 2.33. The molecule has 0 radical (unpaired) electrons. The number of carboxylic acid groups (broad SMARTS) is 1. The number of carbonyl (C=O) groups is 1. The zero-order chi connectivity index (χ0) is 11.6. The summed E-state index contributed by atoms with van der Waals surface area (Å²) < 4.78 is 0. The number of pyridine rings is 1. The fourth-order valence-corrected chi connectivity index (χ4v) is 1.40. The van der Waals surface area contributed by atoms with Crippen LogP contribution in [-0.4, -0.2) is 22.1 Å². The molecule has 1 unspecified atom stereocenters. The lowest BCUT2D eigenvalue weighted by Gasteiger charge is -2.29. The summed E-state index contributed by atoms with van der Waals surface area (Å²) in [7, 11) is 0. The quantitative estimate of drug-likeness (QED) is 0.779. The van der Waals surface area contributed by atoms with Gasteiger partial charge in [-0.05, 0) is 18.1 Å². The Hall–Kier alpha value is -1.42. The number of carboxylic acids is 1. The average molecular weight is 208 g/mol. The number of aliphatic carboxylic acids is 1. The molecule has 1 rings (SSSR count). The van der Waals surface area contributed by atoms with Crippen LogP contribution in [0.15, 0.2) is 18.5 Å². The molecule has 4 nitrogen and oxygen atoms in total.